The zero-order valence-corrected chi connectivity index (χ0v) is 17.6. The third-order valence-corrected chi connectivity index (χ3v) is 5.66. The second kappa shape index (κ2) is 9.50. The summed E-state index contributed by atoms with van der Waals surface area (Å²) in [5.74, 6) is 0.272. The molecule has 4 nitrogen and oxygen atoms in total. The van der Waals surface area contributed by atoms with Gasteiger partial charge in [-0.1, -0.05) is 40.9 Å². The van der Waals surface area contributed by atoms with Gasteiger partial charge in [0.15, 0.2) is 5.69 Å². The molecule has 2 aromatic carbocycles. The average Bonchev–Trinajstić information content (AvgIpc) is 2.63. The van der Waals surface area contributed by atoms with Crippen LogP contribution < -0.4 is 4.74 Å². The van der Waals surface area contributed by atoms with Crippen molar-refractivity contribution in [1.29, 1.82) is 0 Å². The highest BCUT2D eigenvalue weighted by atomic mass is 35.5. The van der Waals surface area contributed by atoms with E-state index < -0.39 is 5.97 Å². The van der Waals surface area contributed by atoms with Gasteiger partial charge in [0.05, 0.1) is 22.5 Å². The number of fused-ring (bicyclic) bond motifs is 1. The number of aromatic nitrogens is 1. The zero-order valence-electron chi connectivity index (χ0n) is 15.2. The molecule has 0 atom stereocenters. The second-order valence-corrected chi connectivity index (χ2v) is 8.33. The number of aromatic carboxylic acids is 1. The van der Waals surface area contributed by atoms with E-state index in [1.54, 1.807) is 12.1 Å². The normalized spacial score (nSPS) is 11.0. The van der Waals surface area contributed by atoms with Gasteiger partial charge in [0.1, 0.15) is 5.75 Å². The summed E-state index contributed by atoms with van der Waals surface area (Å²) in [7, 11) is 0. The Kier molecular flexibility index (Phi) is 7.05. The smallest absolute Gasteiger partial charge is 0.354 e. The number of pyridine rings is 1. The van der Waals surface area contributed by atoms with Gasteiger partial charge >= 0.3 is 5.97 Å². The summed E-state index contributed by atoms with van der Waals surface area (Å²) in [4.78, 5) is 16.7. The molecule has 0 spiro atoms. The number of hydrogen-bond donors (Lipinski definition) is 1. The fourth-order valence-corrected chi connectivity index (χ4v) is 4.36. The van der Waals surface area contributed by atoms with Gasteiger partial charge in [0.25, 0.3) is 0 Å². The Labute approximate surface area is 177 Å². The lowest BCUT2D eigenvalue weighted by Gasteiger charge is -2.12. The maximum absolute atomic E-state index is 11.4. The summed E-state index contributed by atoms with van der Waals surface area (Å²) in [6.45, 7) is 2.55. The van der Waals surface area contributed by atoms with E-state index in [9.17, 15) is 9.90 Å². The van der Waals surface area contributed by atoms with Crippen molar-refractivity contribution in [3.05, 3.63) is 63.8 Å². The molecular weight excluding hydrogens is 417 g/mol. The van der Waals surface area contributed by atoms with Crippen molar-refractivity contribution in [2.24, 2.45) is 0 Å². The number of carboxylic acid groups (broad SMARTS) is 1. The number of thioether (sulfide) groups is 1. The van der Waals surface area contributed by atoms with Crippen molar-refractivity contribution >= 4 is 51.8 Å². The second-order valence-electron chi connectivity index (χ2n) is 6.31. The van der Waals surface area contributed by atoms with Crippen LogP contribution in [0.1, 0.15) is 28.9 Å². The predicted octanol–water partition coefficient (Wildman–Crippen LogP) is 6.50. The number of carboxylic acids is 1. The molecule has 7 heteroatoms. The van der Waals surface area contributed by atoms with E-state index in [-0.39, 0.29) is 5.69 Å². The summed E-state index contributed by atoms with van der Waals surface area (Å²) in [6.07, 6.45) is 1.82. The maximum Gasteiger partial charge on any atom is 0.354 e. The fourth-order valence-electron chi connectivity index (χ4n) is 2.76. The molecule has 0 fully saturated rings. The summed E-state index contributed by atoms with van der Waals surface area (Å²) >= 11 is 14.1. The van der Waals surface area contributed by atoms with Crippen molar-refractivity contribution < 1.29 is 14.6 Å². The van der Waals surface area contributed by atoms with E-state index in [2.05, 4.69) is 36.2 Å². The highest BCUT2D eigenvalue weighted by Crippen LogP contribution is 2.34. The van der Waals surface area contributed by atoms with Crippen LogP contribution in [0, 0.1) is 6.92 Å². The van der Waals surface area contributed by atoms with Gasteiger partial charge in [-0.25, -0.2) is 9.78 Å². The Morgan fingerprint density at radius 1 is 1.18 bits per heavy atom. The lowest BCUT2D eigenvalue weighted by Crippen LogP contribution is -2.04. The molecule has 0 aliphatic rings. The van der Waals surface area contributed by atoms with E-state index in [4.69, 9.17) is 27.9 Å². The lowest BCUT2D eigenvalue weighted by molar-refractivity contribution is 0.0690. The van der Waals surface area contributed by atoms with Crippen LogP contribution in [0.15, 0.2) is 47.4 Å². The van der Waals surface area contributed by atoms with Crippen molar-refractivity contribution in [3.63, 3.8) is 0 Å². The molecule has 0 aliphatic heterocycles. The van der Waals surface area contributed by atoms with Crippen molar-refractivity contribution in [3.8, 4) is 5.75 Å². The lowest BCUT2D eigenvalue weighted by atomic mass is 10.1. The number of hydrogen-bond acceptors (Lipinski definition) is 4. The van der Waals surface area contributed by atoms with Crippen LogP contribution >= 0.6 is 35.0 Å². The molecule has 1 heterocycles. The predicted molar refractivity (Wildman–Crippen MR) is 115 cm³/mol. The molecule has 1 aromatic heterocycles. The Bertz CT molecular complexity index is 1010. The minimum atomic E-state index is -1.13. The molecule has 0 aliphatic carbocycles. The zero-order chi connectivity index (χ0) is 20.1. The van der Waals surface area contributed by atoms with E-state index in [1.165, 1.54) is 16.5 Å². The summed E-state index contributed by atoms with van der Waals surface area (Å²) in [5, 5.41) is 10.6. The quantitative estimate of drug-likeness (QED) is 0.323. The van der Waals surface area contributed by atoms with Crippen LogP contribution in [-0.4, -0.2) is 28.4 Å². The number of unbranched alkanes of at least 4 members (excludes halogenated alkanes) is 1. The molecule has 28 heavy (non-hydrogen) atoms. The van der Waals surface area contributed by atoms with E-state index in [0.717, 1.165) is 18.6 Å². The van der Waals surface area contributed by atoms with Gasteiger partial charge in [-0.05, 0) is 49.8 Å². The van der Waals surface area contributed by atoms with Crippen molar-refractivity contribution in [1.82, 2.24) is 4.98 Å². The number of aryl methyl sites for hydroxylation is 1. The van der Waals surface area contributed by atoms with Gasteiger partial charge in [-0.15, -0.1) is 11.8 Å². The number of ether oxygens (including phenoxy) is 1. The highest BCUT2D eigenvalue weighted by Gasteiger charge is 2.15. The Morgan fingerprint density at radius 3 is 2.75 bits per heavy atom. The van der Waals surface area contributed by atoms with E-state index >= 15 is 0 Å². The van der Waals surface area contributed by atoms with Crippen LogP contribution in [-0.2, 0) is 0 Å². The number of rotatable bonds is 8. The molecule has 0 radical (unpaired) electrons. The third-order valence-electron chi connectivity index (χ3n) is 4.06. The minimum absolute atomic E-state index is 0.101. The van der Waals surface area contributed by atoms with Crippen LogP contribution in [0.3, 0.4) is 0 Å². The van der Waals surface area contributed by atoms with Crippen LogP contribution in [0.5, 0.6) is 5.75 Å². The molecule has 3 rings (SSSR count). The van der Waals surface area contributed by atoms with Crippen molar-refractivity contribution in [2.45, 2.75) is 24.7 Å². The van der Waals surface area contributed by atoms with Crippen molar-refractivity contribution in [2.75, 3.05) is 12.4 Å². The topological polar surface area (TPSA) is 59.4 Å². The molecule has 0 unspecified atom stereocenters. The fraction of sp³-hybridized carbons (Fsp3) is 0.238. The average molecular weight is 436 g/mol. The van der Waals surface area contributed by atoms with Gasteiger partial charge in [0.2, 0.25) is 0 Å². The van der Waals surface area contributed by atoms with Crippen LogP contribution in [0.2, 0.25) is 10.0 Å². The number of nitrogens with zero attached hydrogens (tertiary/aromatic N) is 1. The Balaban J connectivity index is 1.62. The molecule has 0 saturated heterocycles. The van der Waals surface area contributed by atoms with Crippen LogP contribution in [0.25, 0.3) is 10.9 Å². The molecule has 0 saturated carbocycles. The maximum atomic E-state index is 11.4. The van der Waals surface area contributed by atoms with E-state index in [1.807, 2.05) is 11.8 Å². The monoisotopic (exact) mass is 435 g/mol. The highest BCUT2D eigenvalue weighted by molar-refractivity contribution is 7.99. The Morgan fingerprint density at radius 2 is 2.00 bits per heavy atom. The Hall–Kier alpha value is -1.95. The number of carbonyl (C=O) groups is 1. The van der Waals surface area contributed by atoms with Gasteiger partial charge in [-0.2, -0.15) is 0 Å². The largest absolute Gasteiger partial charge is 0.493 e. The minimum Gasteiger partial charge on any atom is -0.493 e. The SMILES string of the molecule is Cc1cccc(SCCCCOc2cc(C(=O)O)nc3cc(Cl)cc(Cl)c23)c1. The van der Waals surface area contributed by atoms with Gasteiger partial charge in [0, 0.05) is 16.0 Å². The van der Waals surface area contributed by atoms with Gasteiger partial charge < -0.3 is 9.84 Å². The standard InChI is InChI=1S/C21H19Cl2NO3S/c1-13-5-4-6-15(9-13)28-8-3-2-7-27-19-12-18(21(25)26)24-17-11-14(22)10-16(23)20(17)19/h4-6,9-12H,2-3,7-8H2,1H3,(H,25,26). The summed E-state index contributed by atoms with van der Waals surface area (Å²) < 4.78 is 5.86. The molecule has 3 aromatic rings. The number of halogens is 2. The first kappa shape index (κ1) is 20.8. The molecule has 0 amide bonds. The molecular formula is C21H19Cl2NO3S. The first-order chi connectivity index (χ1) is 13.4. The van der Waals surface area contributed by atoms with Crippen LogP contribution in [0.4, 0.5) is 0 Å². The molecule has 1 N–H and O–H groups in total. The molecule has 146 valence electrons. The first-order valence-electron chi connectivity index (χ1n) is 8.79. The molecule has 0 bridgehead atoms. The summed E-state index contributed by atoms with van der Waals surface area (Å²) in [6, 6.07) is 13.0. The van der Waals surface area contributed by atoms with E-state index in [0.29, 0.717) is 33.3 Å². The van der Waals surface area contributed by atoms with Gasteiger partial charge in [-0.3, -0.25) is 0 Å². The number of benzene rings is 2. The first-order valence-corrected chi connectivity index (χ1v) is 10.5. The third kappa shape index (κ3) is 5.31. The summed E-state index contributed by atoms with van der Waals surface area (Å²) in [5.41, 5.74) is 1.56.